The number of halogens is 2. The second-order valence-corrected chi connectivity index (χ2v) is 4.53. The number of aryl methyl sites for hydroxylation is 1. The zero-order chi connectivity index (χ0) is 14.2. The van der Waals surface area contributed by atoms with Crippen LogP contribution in [0, 0.1) is 6.92 Å². The molecule has 104 valence electrons. The van der Waals surface area contributed by atoms with E-state index in [1.54, 1.807) is 13.0 Å². The van der Waals surface area contributed by atoms with Crippen molar-refractivity contribution in [2.45, 2.75) is 39.0 Å². The molecule has 6 nitrogen and oxygen atoms in total. The van der Waals surface area contributed by atoms with Crippen molar-refractivity contribution in [3.63, 3.8) is 0 Å². The van der Waals surface area contributed by atoms with Crippen LogP contribution in [0.2, 0.25) is 0 Å². The van der Waals surface area contributed by atoms with Crippen LogP contribution >= 0.6 is 0 Å². The highest BCUT2D eigenvalue weighted by Gasteiger charge is 2.50. The summed E-state index contributed by atoms with van der Waals surface area (Å²) >= 11 is 0. The molecule has 0 radical (unpaired) electrons. The summed E-state index contributed by atoms with van der Waals surface area (Å²) in [6.07, 6.45) is -1.94. The van der Waals surface area contributed by atoms with Crippen molar-refractivity contribution in [1.82, 2.24) is 14.8 Å². The van der Waals surface area contributed by atoms with Crippen molar-refractivity contribution < 1.29 is 18.7 Å². The van der Waals surface area contributed by atoms with Gasteiger partial charge in [0.05, 0.1) is 0 Å². The first kappa shape index (κ1) is 13.6. The summed E-state index contributed by atoms with van der Waals surface area (Å²) in [5.74, 6) is -0.730. The van der Waals surface area contributed by atoms with Gasteiger partial charge in [-0.05, 0) is 19.9 Å². The highest BCUT2D eigenvalue weighted by Crippen LogP contribution is 2.31. The molecule has 1 aliphatic rings. The third kappa shape index (κ3) is 2.35. The molecule has 0 aromatic carbocycles. The second-order valence-electron chi connectivity index (χ2n) is 4.53. The quantitative estimate of drug-likeness (QED) is 0.882. The van der Waals surface area contributed by atoms with Gasteiger partial charge in [0.25, 0.3) is 12.3 Å². The molecule has 19 heavy (non-hydrogen) atoms. The Labute approximate surface area is 108 Å². The van der Waals surface area contributed by atoms with Gasteiger partial charge in [-0.2, -0.15) is 15.2 Å². The van der Waals surface area contributed by atoms with E-state index in [0.29, 0.717) is 10.7 Å². The third-order valence-electron chi connectivity index (χ3n) is 2.95. The van der Waals surface area contributed by atoms with Gasteiger partial charge in [0.2, 0.25) is 5.72 Å². The van der Waals surface area contributed by atoms with Gasteiger partial charge < -0.3 is 5.11 Å². The summed E-state index contributed by atoms with van der Waals surface area (Å²) in [5.41, 5.74) is -1.55. The van der Waals surface area contributed by atoms with Crippen molar-refractivity contribution in [2.75, 3.05) is 0 Å². The second kappa shape index (κ2) is 4.69. The minimum Gasteiger partial charge on any atom is -0.364 e. The smallest absolute Gasteiger partial charge is 0.287 e. The molecule has 0 saturated carbocycles. The first-order valence-corrected chi connectivity index (χ1v) is 5.70. The van der Waals surface area contributed by atoms with Gasteiger partial charge >= 0.3 is 0 Å². The number of hydrazone groups is 1. The average molecular weight is 272 g/mol. The minimum atomic E-state index is -3.09. The summed E-state index contributed by atoms with van der Waals surface area (Å²) in [4.78, 5) is 12.0. The zero-order valence-electron chi connectivity index (χ0n) is 10.5. The normalized spacial score (nSPS) is 23.1. The topological polar surface area (TPSA) is 70.7 Å². The standard InChI is InChI=1S/C11H14F2N4O2/c1-7-5-11(19,10(12)13)17(15-7)9(18)6-16-8(2)3-4-14-16/h3-4,10,19H,5-6H2,1-2H3/t11-/m1/s1. The fraction of sp³-hybridized carbons (Fsp3) is 0.545. The van der Waals surface area contributed by atoms with E-state index in [1.807, 2.05) is 0 Å². The maximum absolute atomic E-state index is 12.9. The minimum absolute atomic E-state index is 0.245. The number of nitrogens with zero attached hydrogens (tertiary/aromatic N) is 4. The number of amides is 1. The van der Waals surface area contributed by atoms with Gasteiger partial charge in [-0.25, -0.2) is 8.78 Å². The molecule has 1 N–H and O–H groups in total. The Morgan fingerprint density at radius 2 is 2.26 bits per heavy atom. The van der Waals surface area contributed by atoms with Crippen LogP contribution in [0.4, 0.5) is 8.78 Å². The van der Waals surface area contributed by atoms with Crippen molar-refractivity contribution in [2.24, 2.45) is 5.10 Å². The molecule has 0 spiro atoms. The molecule has 0 bridgehead atoms. The highest BCUT2D eigenvalue weighted by atomic mass is 19.3. The Hall–Kier alpha value is -1.83. The van der Waals surface area contributed by atoms with Crippen LogP contribution in [0.3, 0.4) is 0 Å². The lowest BCUT2D eigenvalue weighted by atomic mass is 10.1. The number of aliphatic hydroxyl groups is 1. The monoisotopic (exact) mass is 272 g/mol. The Bertz CT molecular complexity index is 529. The maximum atomic E-state index is 12.9. The molecule has 1 amide bonds. The molecule has 0 aliphatic carbocycles. The molecule has 8 heteroatoms. The summed E-state index contributed by atoms with van der Waals surface area (Å²) in [6.45, 7) is 2.97. The van der Waals surface area contributed by atoms with E-state index < -0.39 is 18.1 Å². The van der Waals surface area contributed by atoms with Gasteiger partial charge in [-0.1, -0.05) is 0 Å². The van der Waals surface area contributed by atoms with Crippen molar-refractivity contribution in [1.29, 1.82) is 0 Å². The maximum Gasteiger partial charge on any atom is 0.287 e. The number of hydrogen-bond donors (Lipinski definition) is 1. The predicted octanol–water partition coefficient (Wildman–Crippen LogP) is 0.753. The first-order valence-electron chi connectivity index (χ1n) is 5.70. The molecule has 0 unspecified atom stereocenters. The van der Waals surface area contributed by atoms with E-state index >= 15 is 0 Å². The van der Waals surface area contributed by atoms with E-state index in [-0.39, 0.29) is 18.7 Å². The van der Waals surface area contributed by atoms with E-state index in [2.05, 4.69) is 10.2 Å². The summed E-state index contributed by atoms with van der Waals surface area (Å²) < 4.78 is 27.2. The molecule has 1 atom stereocenters. The largest absolute Gasteiger partial charge is 0.364 e. The molecule has 1 aromatic heterocycles. The Morgan fingerprint density at radius 3 is 2.79 bits per heavy atom. The average Bonchev–Trinajstić information content (AvgIpc) is 2.84. The molecular weight excluding hydrogens is 258 g/mol. The number of rotatable bonds is 3. The number of carbonyl (C=O) groups excluding carboxylic acids is 1. The van der Waals surface area contributed by atoms with Crippen molar-refractivity contribution in [3.05, 3.63) is 18.0 Å². The Kier molecular flexibility index (Phi) is 3.36. The zero-order valence-corrected chi connectivity index (χ0v) is 10.5. The van der Waals surface area contributed by atoms with Crippen LogP contribution in [-0.2, 0) is 11.3 Å². The Balaban J connectivity index is 2.20. The molecular formula is C11H14F2N4O2. The van der Waals surface area contributed by atoms with Crippen LogP contribution in [0.15, 0.2) is 17.4 Å². The summed E-state index contributed by atoms with van der Waals surface area (Å²) in [7, 11) is 0. The van der Waals surface area contributed by atoms with E-state index in [9.17, 15) is 18.7 Å². The van der Waals surface area contributed by atoms with Crippen LogP contribution in [0.5, 0.6) is 0 Å². The van der Waals surface area contributed by atoms with Crippen LogP contribution in [0.1, 0.15) is 19.0 Å². The molecule has 0 saturated heterocycles. The van der Waals surface area contributed by atoms with E-state index in [1.165, 1.54) is 17.8 Å². The molecule has 2 heterocycles. The predicted molar refractivity (Wildman–Crippen MR) is 62.5 cm³/mol. The number of alkyl halides is 2. The van der Waals surface area contributed by atoms with Gasteiger partial charge in [-0.15, -0.1) is 0 Å². The fourth-order valence-corrected chi connectivity index (χ4v) is 1.94. The molecule has 0 fully saturated rings. The number of aromatic nitrogens is 2. The highest BCUT2D eigenvalue weighted by molar-refractivity contribution is 5.88. The molecule has 1 aromatic rings. The lowest BCUT2D eigenvalue weighted by Crippen LogP contribution is -2.52. The van der Waals surface area contributed by atoms with Crippen molar-refractivity contribution >= 4 is 11.6 Å². The van der Waals surface area contributed by atoms with Gasteiger partial charge in [0.15, 0.2) is 0 Å². The lowest BCUT2D eigenvalue weighted by Gasteiger charge is -2.30. The third-order valence-corrected chi connectivity index (χ3v) is 2.95. The summed E-state index contributed by atoms with van der Waals surface area (Å²) in [5, 5.41) is 17.9. The van der Waals surface area contributed by atoms with Gasteiger partial charge in [0.1, 0.15) is 6.54 Å². The lowest BCUT2D eigenvalue weighted by molar-refractivity contribution is -0.192. The Morgan fingerprint density at radius 1 is 1.58 bits per heavy atom. The van der Waals surface area contributed by atoms with Gasteiger partial charge in [0, 0.05) is 24.0 Å². The number of hydrogen-bond acceptors (Lipinski definition) is 4. The van der Waals surface area contributed by atoms with Crippen LogP contribution in [-0.4, -0.2) is 43.7 Å². The molecule has 1 aliphatic heterocycles. The fourth-order valence-electron chi connectivity index (χ4n) is 1.94. The van der Waals surface area contributed by atoms with Gasteiger partial charge in [-0.3, -0.25) is 9.48 Å². The number of carbonyl (C=O) groups is 1. The first-order chi connectivity index (χ1) is 8.84. The van der Waals surface area contributed by atoms with E-state index in [4.69, 9.17) is 0 Å². The van der Waals surface area contributed by atoms with E-state index in [0.717, 1.165) is 0 Å². The SMILES string of the molecule is CC1=NN(C(=O)Cn2nccc2C)[C@](O)(C(F)F)C1. The van der Waals surface area contributed by atoms with Crippen LogP contribution < -0.4 is 0 Å². The summed E-state index contributed by atoms with van der Waals surface area (Å²) in [6, 6.07) is 1.69. The molecule has 2 rings (SSSR count). The van der Waals surface area contributed by atoms with Crippen LogP contribution in [0.25, 0.3) is 0 Å². The van der Waals surface area contributed by atoms with Crippen molar-refractivity contribution in [3.8, 4) is 0 Å².